The van der Waals surface area contributed by atoms with Crippen molar-refractivity contribution in [3.63, 3.8) is 0 Å². The van der Waals surface area contributed by atoms with Crippen molar-refractivity contribution >= 4 is 11.6 Å². The number of benzene rings is 1. The Bertz CT molecular complexity index is 1070. The van der Waals surface area contributed by atoms with Crippen LogP contribution in [0.15, 0.2) is 47.1 Å². The van der Waals surface area contributed by atoms with Crippen LogP contribution < -0.4 is 9.64 Å². The highest BCUT2D eigenvalue weighted by atomic mass is 16.5. The number of aryl methyl sites for hydroxylation is 2. The first-order chi connectivity index (χ1) is 16.6. The van der Waals surface area contributed by atoms with E-state index in [2.05, 4.69) is 27.3 Å². The number of carbonyl (C=O) groups is 1. The third kappa shape index (κ3) is 6.22. The van der Waals surface area contributed by atoms with Gasteiger partial charge in [0.1, 0.15) is 0 Å². The highest BCUT2D eigenvalue weighted by Gasteiger charge is 2.27. The van der Waals surface area contributed by atoms with Gasteiger partial charge >= 0.3 is 0 Å². The number of unbranched alkanes of at least 4 members (excludes halogenated alkanes) is 2. The number of pyridine rings is 1. The predicted octanol–water partition coefficient (Wildman–Crippen LogP) is 5.77. The van der Waals surface area contributed by atoms with E-state index in [1.165, 1.54) is 6.42 Å². The number of ether oxygens (including phenoxy) is 1. The van der Waals surface area contributed by atoms with E-state index in [0.29, 0.717) is 24.1 Å². The molecule has 34 heavy (non-hydrogen) atoms. The second-order valence-electron chi connectivity index (χ2n) is 9.01. The summed E-state index contributed by atoms with van der Waals surface area (Å²) in [6, 6.07) is 12.1. The summed E-state index contributed by atoms with van der Waals surface area (Å²) in [5, 5.41) is 3.85. The Morgan fingerprint density at radius 3 is 2.68 bits per heavy atom. The average Bonchev–Trinajstić information content (AvgIpc) is 3.31. The van der Waals surface area contributed by atoms with Crippen molar-refractivity contribution < 1.29 is 14.1 Å². The van der Waals surface area contributed by atoms with Crippen molar-refractivity contribution in [2.24, 2.45) is 5.92 Å². The predicted molar refractivity (Wildman–Crippen MR) is 132 cm³/mol. The molecule has 2 heterocycles. The lowest BCUT2D eigenvalue weighted by Gasteiger charge is -2.30. The number of rotatable bonds is 10. The number of aromatic nitrogens is 3. The Labute approximate surface area is 201 Å². The number of hydrogen-bond acceptors (Lipinski definition) is 6. The summed E-state index contributed by atoms with van der Waals surface area (Å²) < 4.78 is 10.5. The molecule has 4 rings (SSSR count). The standard InChI is InChI=1S/C27H34N4O3/c1-20-29-25(34-30-20)14-7-4-8-17-31(27(32)21-10-5-3-6-11-21)24-13-9-12-22(18-24)23-15-16-28-26(19-23)33-2/h9,12-13,15-16,18-19,21H,3-8,10-11,14,17H2,1-2H3. The summed E-state index contributed by atoms with van der Waals surface area (Å²) in [7, 11) is 1.62. The van der Waals surface area contributed by atoms with Gasteiger partial charge in [-0.15, -0.1) is 0 Å². The maximum atomic E-state index is 13.6. The Balaban J connectivity index is 1.47. The van der Waals surface area contributed by atoms with Gasteiger partial charge in [0.2, 0.25) is 17.7 Å². The lowest BCUT2D eigenvalue weighted by atomic mass is 9.88. The highest BCUT2D eigenvalue weighted by molar-refractivity contribution is 5.95. The van der Waals surface area contributed by atoms with Crippen LogP contribution in [0.3, 0.4) is 0 Å². The molecule has 1 fully saturated rings. The fourth-order valence-electron chi connectivity index (χ4n) is 4.65. The molecule has 0 bridgehead atoms. The molecule has 1 aromatic carbocycles. The highest BCUT2D eigenvalue weighted by Crippen LogP contribution is 2.31. The van der Waals surface area contributed by atoms with Gasteiger partial charge in [-0.2, -0.15) is 4.98 Å². The topological polar surface area (TPSA) is 81.4 Å². The molecule has 7 heteroatoms. The number of amides is 1. The lowest BCUT2D eigenvalue weighted by molar-refractivity contribution is -0.123. The van der Waals surface area contributed by atoms with Crippen LogP contribution in [0.2, 0.25) is 0 Å². The molecule has 7 nitrogen and oxygen atoms in total. The zero-order valence-electron chi connectivity index (χ0n) is 20.2. The van der Waals surface area contributed by atoms with Crippen molar-refractivity contribution in [2.45, 2.75) is 64.7 Å². The number of anilines is 1. The molecule has 0 N–H and O–H groups in total. The zero-order valence-corrected chi connectivity index (χ0v) is 20.2. The van der Waals surface area contributed by atoms with Gasteiger partial charge in [-0.3, -0.25) is 4.79 Å². The lowest BCUT2D eigenvalue weighted by Crippen LogP contribution is -2.38. The number of hydrogen-bond donors (Lipinski definition) is 0. The summed E-state index contributed by atoms with van der Waals surface area (Å²) in [5.74, 6) is 2.32. The van der Waals surface area contributed by atoms with E-state index in [9.17, 15) is 4.79 Å². The maximum Gasteiger partial charge on any atom is 0.230 e. The minimum atomic E-state index is 0.125. The van der Waals surface area contributed by atoms with Crippen LogP contribution in [0.4, 0.5) is 5.69 Å². The van der Waals surface area contributed by atoms with Crippen molar-refractivity contribution in [1.29, 1.82) is 0 Å². The third-order valence-corrected chi connectivity index (χ3v) is 6.50. The molecular weight excluding hydrogens is 428 g/mol. The first-order valence-corrected chi connectivity index (χ1v) is 12.3. The maximum absolute atomic E-state index is 13.6. The van der Waals surface area contributed by atoms with E-state index >= 15 is 0 Å². The van der Waals surface area contributed by atoms with Crippen molar-refractivity contribution in [3.05, 3.63) is 54.3 Å². The summed E-state index contributed by atoms with van der Waals surface area (Å²) >= 11 is 0. The van der Waals surface area contributed by atoms with Crippen LogP contribution in [0.1, 0.15) is 63.1 Å². The van der Waals surface area contributed by atoms with Crippen LogP contribution in [0, 0.1) is 12.8 Å². The van der Waals surface area contributed by atoms with Crippen molar-refractivity contribution in [1.82, 2.24) is 15.1 Å². The Kier molecular flexibility index (Phi) is 8.28. The monoisotopic (exact) mass is 462 g/mol. The second kappa shape index (κ2) is 11.8. The molecule has 0 spiro atoms. The van der Waals surface area contributed by atoms with Gasteiger partial charge in [-0.1, -0.05) is 43.0 Å². The number of carbonyl (C=O) groups excluding carboxylic acids is 1. The third-order valence-electron chi connectivity index (χ3n) is 6.50. The zero-order chi connectivity index (χ0) is 23.8. The minimum Gasteiger partial charge on any atom is -0.481 e. The molecule has 1 amide bonds. The molecule has 0 saturated heterocycles. The molecule has 0 aliphatic heterocycles. The molecule has 0 unspecified atom stereocenters. The Morgan fingerprint density at radius 2 is 1.91 bits per heavy atom. The van der Waals surface area contributed by atoms with E-state index in [0.717, 1.165) is 68.2 Å². The van der Waals surface area contributed by atoms with E-state index in [-0.39, 0.29) is 11.8 Å². The first-order valence-electron chi connectivity index (χ1n) is 12.3. The smallest absolute Gasteiger partial charge is 0.230 e. The van der Waals surface area contributed by atoms with Gasteiger partial charge in [-0.25, -0.2) is 4.98 Å². The molecule has 1 aliphatic rings. The average molecular weight is 463 g/mol. The van der Waals surface area contributed by atoms with Gasteiger partial charge < -0.3 is 14.2 Å². The molecule has 1 aliphatic carbocycles. The van der Waals surface area contributed by atoms with Crippen molar-refractivity contribution in [2.75, 3.05) is 18.6 Å². The first kappa shape index (κ1) is 23.9. The molecule has 1 saturated carbocycles. The molecule has 0 radical (unpaired) electrons. The Morgan fingerprint density at radius 1 is 1.09 bits per heavy atom. The normalized spacial score (nSPS) is 14.2. The van der Waals surface area contributed by atoms with E-state index in [1.54, 1.807) is 13.3 Å². The van der Waals surface area contributed by atoms with Crippen LogP contribution in [0.5, 0.6) is 5.88 Å². The summed E-state index contributed by atoms with van der Waals surface area (Å²) in [4.78, 5) is 24.1. The fourth-order valence-corrected chi connectivity index (χ4v) is 4.65. The van der Waals surface area contributed by atoms with E-state index < -0.39 is 0 Å². The van der Waals surface area contributed by atoms with Crippen molar-refractivity contribution in [3.8, 4) is 17.0 Å². The largest absolute Gasteiger partial charge is 0.481 e. The molecule has 0 atom stereocenters. The SMILES string of the molecule is COc1cc(-c2cccc(N(CCCCCc3nc(C)no3)C(=O)C3CCCCC3)c2)ccn1. The number of nitrogens with zero attached hydrogens (tertiary/aromatic N) is 4. The van der Waals surface area contributed by atoms with Crippen LogP contribution in [-0.2, 0) is 11.2 Å². The van der Waals surface area contributed by atoms with Gasteiger partial charge in [0.05, 0.1) is 7.11 Å². The summed E-state index contributed by atoms with van der Waals surface area (Å²) in [5.41, 5.74) is 3.02. The summed E-state index contributed by atoms with van der Waals surface area (Å²) in [6.07, 6.45) is 10.9. The fraction of sp³-hybridized carbons (Fsp3) is 0.481. The van der Waals surface area contributed by atoms with Gasteiger partial charge in [0, 0.05) is 36.8 Å². The molecule has 180 valence electrons. The van der Waals surface area contributed by atoms with Crippen LogP contribution >= 0.6 is 0 Å². The number of methoxy groups -OCH3 is 1. The molecule has 3 aromatic rings. The van der Waals surface area contributed by atoms with Gasteiger partial charge in [0.15, 0.2) is 5.82 Å². The Hall–Kier alpha value is -3.22. The summed E-state index contributed by atoms with van der Waals surface area (Å²) in [6.45, 7) is 2.54. The molecular formula is C27H34N4O3. The second-order valence-corrected chi connectivity index (χ2v) is 9.01. The van der Waals surface area contributed by atoms with Gasteiger partial charge in [0.25, 0.3) is 0 Å². The van der Waals surface area contributed by atoms with E-state index in [1.807, 2.05) is 36.1 Å². The van der Waals surface area contributed by atoms with Crippen LogP contribution in [-0.4, -0.2) is 34.7 Å². The van der Waals surface area contributed by atoms with Gasteiger partial charge in [-0.05, 0) is 61.9 Å². The molecule has 2 aromatic heterocycles. The van der Waals surface area contributed by atoms with E-state index in [4.69, 9.17) is 9.26 Å². The minimum absolute atomic E-state index is 0.125. The quantitative estimate of drug-likeness (QED) is 0.356. The van der Waals surface area contributed by atoms with Crippen LogP contribution in [0.25, 0.3) is 11.1 Å².